The van der Waals surface area contributed by atoms with E-state index in [1.54, 1.807) is 0 Å². The number of carbonyl (C=O) groups excluding carboxylic acids is 1. The molecule has 0 aromatic heterocycles. The van der Waals surface area contributed by atoms with Crippen LogP contribution in [0.15, 0.2) is 66.4 Å². The molecule has 2 aromatic carbocycles. The van der Waals surface area contributed by atoms with Crippen LogP contribution in [0.3, 0.4) is 0 Å². The fraction of sp³-hybridized carbons (Fsp3) is 0.111. The molecule has 4 rings (SSSR count). The highest BCUT2D eigenvalue weighted by molar-refractivity contribution is 6.12. The van der Waals surface area contributed by atoms with Crippen LogP contribution in [0.1, 0.15) is 27.5 Å². The van der Waals surface area contributed by atoms with E-state index >= 15 is 0 Å². The standard InChI is InChI=1S/C18H13NO/c1-2-12-11-13-7-3-6-10-16(13)19-17(12)14-8-4-5-9-15(14)18(19)20/h3-10,17H,1,11H2. The number of anilines is 1. The van der Waals surface area contributed by atoms with E-state index in [0.29, 0.717) is 0 Å². The zero-order chi connectivity index (χ0) is 13.7. The monoisotopic (exact) mass is 259 g/mol. The minimum absolute atomic E-state index is 0.0360. The van der Waals surface area contributed by atoms with Crippen LogP contribution >= 0.6 is 0 Å². The number of hydrogen-bond acceptors (Lipinski definition) is 1. The van der Waals surface area contributed by atoms with Gasteiger partial charge in [-0.2, -0.15) is 0 Å². The van der Waals surface area contributed by atoms with Crippen LogP contribution in [-0.4, -0.2) is 5.91 Å². The van der Waals surface area contributed by atoms with Crippen molar-refractivity contribution in [3.63, 3.8) is 0 Å². The first-order chi connectivity index (χ1) is 9.81. The number of nitrogens with zero attached hydrogens (tertiary/aromatic N) is 1. The van der Waals surface area contributed by atoms with Crippen molar-refractivity contribution < 1.29 is 4.79 Å². The van der Waals surface area contributed by atoms with Gasteiger partial charge in [0.15, 0.2) is 0 Å². The molecule has 1 atom stereocenters. The molecule has 0 fully saturated rings. The molecule has 2 aliphatic rings. The summed E-state index contributed by atoms with van der Waals surface area (Å²) in [5.41, 5.74) is 8.16. The lowest BCUT2D eigenvalue weighted by Crippen LogP contribution is -2.33. The second kappa shape index (κ2) is 3.96. The van der Waals surface area contributed by atoms with Gasteiger partial charge in [0.2, 0.25) is 0 Å². The fourth-order valence-corrected chi connectivity index (χ4v) is 3.26. The quantitative estimate of drug-likeness (QED) is 0.661. The predicted molar refractivity (Wildman–Crippen MR) is 78.8 cm³/mol. The van der Waals surface area contributed by atoms with Crippen LogP contribution in [0.4, 0.5) is 5.69 Å². The van der Waals surface area contributed by atoms with Crippen molar-refractivity contribution in [2.75, 3.05) is 4.90 Å². The average molecular weight is 259 g/mol. The number of benzene rings is 2. The Morgan fingerprint density at radius 3 is 2.70 bits per heavy atom. The van der Waals surface area contributed by atoms with E-state index in [4.69, 9.17) is 0 Å². The lowest BCUT2D eigenvalue weighted by Gasteiger charge is -2.33. The Hall–Kier alpha value is -2.57. The summed E-state index contributed by atoms with van der Waals surface area (Å²) >= 11 is 0. The number of hydrogen-bond donors (Lipinski definition) is 0. The number of para-hydroxylation sites is 1. The van der Waals surface area contributed by atoms with Crippen LogP contribution in [0.5, 0.6) is 0 Å². The molecule has 0 saturated carbocycles. The average Bonchev–Trinajstić information content (AvgIpc) is 2.81. The third kappa shape index (κ3) is 1.31. The van der Waals surface area contributed by atoms with Gasteiger partial charge in [-0.1, -0.05) is 43.0 Å². The van der Waals surface area contributed by atoms with Crippen molar-refractivity contribution in [1.82, 2.24) is 0 Å². The lowest BCUT2D eigenvalue weighted by atomic mass is 9.89. The van der Waals surface area contributed by atoms with Gasteiger partial charge in [0.25, 0.3) is 5.91 Å². The molecule has 2 heterocycles. The highest BCUT2D eigenvalue weighted by atomic mass is 16.2. The summed E-state index contributed by atoms with van der Waals surface area (Å²) in [6, 6.07) is 15.9. The molecule has 0 aliphatic carbocycles. The van der Waals surface area contributed by atoms with Crippen LogP contribution in [0.25, 0.3) is 0 Å². The molecule has 96 valence electrons. The Morgan fingerprint density at radius 1 is 1.10 bits per heavy atom. The summed E-state index contributed by atoms with van der Waals surface area (Å²) in [7, 11) is 0. The van der Waals surface area contributed by atoms with Crippen molar-refractivity contribution in [2.24, 2.45) is 0 Å². The maximum atomic E-state index is 12.7. The Kier molecular flexibility index (Phi) is 2.23. The molecular formula is C18H13NO. The summed E-state index contributed by atoms with van der Waals surface area (Å²) in [6.45, 7) is 3.82. The first kappa shape index (κ1) is 11.3. The predicted octanol–water partition coefficient (Wildman–Crippen LogP) is 3.66. The molecule has 1 unspecified atom stereocenters. The zero-order valence-corrected chi connectivity index (χ0v) is 11.0. The Bertz CT molecular complexity index is 784. The summed E-state index contributed by atoms with van der Waals surface area (Å²) < 4.78 is 0. The number of carbonyl (C=O) groups is 1. The van der Waals surface area contributed by atoms with E-state index in [-0.39, 0.29) is 11.9 Å². The van der Waals surface area contributed by atoms with Crippen LogP contribution in [-0.2, 0) is 6.42 Å². The highest BCUT2D eigenvalue weighted by Crippen LogP contribution is 2.47. The first-order valence-electron chi connectivity index (χ1n) is 6.70. The van der Waals surface area contributed by atoms with E-state index < -0.39 is 0 Å². The largest absolute Gasteiger partial charge is 0.296 e. The lowest BCUT2D eigenvalue weighted by molar-refractivity contribution is 0.0992. The molecule has 0 bridgehead atoms. The highest BCUT2D eigenvalue weighted by Gasteiger charge is 2.42. The minimum Gasteiger partial charge on any atom is -0.296 e. The molecule has 0 radical (unpaired) electrons. The normalized spacial score (nSPS) is 19.2. The topological polar surface area (TPSA) is 20.3 Å². The van der Waals surface area contributed by atoms with Gasteiger partial charge in [-0.25, -0.2) is 0 Å². The van der Waals surface area contributed by atoms with Gasteiger partial charge in [-0.3, -0.25) is 9.69 Å². The van der Waals surface area contributed by atoms with Gasteiger partial charge in [0.05, 0.1) is 6.04 Å². The number of rotatable bonds is 0. The third-order valence-electron chi connectivity index (χ3n) is 4.15. The van der Waals surface area contributed by atoms with Gasteiger partial charge >= 0.3 is 0 Å². The van der Waals surface area contributed by atoms with Crippen LogP contribution < -0.4 is 4.90 Å². The molecule has 2 aliphatic heterocycles. The smallest absolute Gasteiger partial charge is 0.259 e. The van der Waals surface area contributed by atoms with Crippen molar-refractivity contribution >= 4 is 11.6 Å². The Morgan fingerprint density at radius 2 is 1.85 bits per heavy atom. The zero-order valence-electron chi connectivity index (χ0n) is 11.0. The van der Waals surface area contributed by atoms with Gasteiger partial charge in [0, 0.05) is 23.2 Å². The van der Waals surface area contributed by atoms with Crippen molar-refractivity contribution in [3.8, 4) is 0 Å². The van der Waals surface area contributed by atoms with E-state index in [1.807, 2.05) is 47.4 Å². The third-order valence-corrected chi connectivity index (χ3v) is 4.15. The molecule has 0 spiro atoms. The maximum absolute atomic E-state index is 12.7. The van der Waals surface area contributed by atoms with Crippen LogP contribution in [0.2, 0.25) is 0 Å². The van der Waals surface area contributed by atoms with Gasteiger partial charge in [0.1, 0.15) is 0 Å². The number of amides is 1. The fourth-order valence-electron chi connectivity index (χ4n) is 3.26. The molecule has 20 heavy (non-hydrogen) atoms. The molecule has 0 N–H and O–H groups in total. The Labute approximate surface area is 117 Å². The van der Waals surface area contributed by atoms with E-state index in [1.165, 1.54) is 0 Å². The van der Waals surface area contributed by atoms with Crippen LogP contribution in [0, 0.1) is 0 Å². The molecule has 0 saturated heterocycles. The first-order valence-corrected chi connectivity index (χ1v) is 6.70. The van der Waals surface area contributed by atoms with E-state index in [2.05, 4.69) is 18.4 Å². The molecule has 2 aromatic rings. The molecule has 2 nitrogen and oxygen atoms in total. The van der Waals surface area contributed by atoms with E-state index in [0.717, 1.165) is 34.4 Å². The van der Waals surface area contributed by atoms with Crippen molar-refractivity contribution in [2.45, 2.75) is 12.5 Å². The van der Waals surface area contributed by atoms with Gasteiger partial charge in [-0.15, -0.1) is 5.73 Å². The molecule has 2 heteroatoms. The van der Waals surface area contributed by atoms with Gasteiger partial charge in [-0.05, 0) is 23.3 Å². The SMILES string of the molecule is C=C=C1Cc2ccccc2N2C(=O)c3ccccc3C12. The summed E-state index contributed by atoms with van der Waals surface area (Å²) in [5.74, 6) is 0.0745. The second-order valence-electron chi connectivity index (χ2n) is 5.17. The molecular weight excluding hydrogens is 246 g/mol. The van der Waals surface area contributed by atoms with Gasteiger partial charge < -0.3 is 0 Å². The van der Waals surface area contributed by atoms with Crippen molar-refractivity contribution in [3.05, 3.63) is 83.1 Å². The van der Waals surface area contributed by atoms with E-state index in [9.17, 15) is 4.79 Å². The maximum Gasteiger partial charge on any atom is 0.259 e. The number of fused-ring (bicyclic) bond motifs is 5. The van der Waals surface area contributed by atoms with Crippen molar-refractivity contribution in [1.29, 1.82) is 0 Å². The minimum atomic E-state index is -0.0360. The second-order valence-corrected chi connectivity index (χ2v) is 5.17. The summed E-state index contributed by atoms with van der Waals surface area (Å²) in [4.78, 5) is 14.6. The summed E-state index contributed by atoms with van der Waals surface area (Å²) in [6.07, 6.45) is 0.808. The molecule has 1 amide bonds. The Balaban J connectivity index is 2.02. The summed E-state index contributed by atoms with van der Waals surface area (Å²) in [5, 5.41) is 0.